The number of hydrogen-bond acceptors (Lipinski definition) is 3. The SMILES string of the molecule is CC1NCCC1CN(C)Cc1cccs1. The van der Waals surface area contributed by atoms with Crippen molar-refractivity contribution in [3.05, 3.63) is 22.4 Å². The van der Waals surface area contributed by atoms with Gasteiger partial charge in [-0.1, -0.05) is 6.07 Å². The number of nitrogens with zero attached hydrogens (tertiary/aromatic N) is 1. The molecule has 1 saturated heterocycles. The summed E-state index contributed by atoms with van der Waals surface area (Å²) in [6.45, 7) is 5.81. The molecule has 2 unspecified atom stereocenters. The number of rotatable bonds is 4. The van der Waals surface area contributed by atoms with E-state index in [9.17, 15) is 0 Å². The summed E-state index contributed by atoms with van der Waals surface area (Å²) in [5.41, 5.74) is 0. The van der Waals surface area contributed by atoms with Crippen LogP contribution in [0.4, 0.5) is 0 Å². The summed E-state index contributed by atoms with van der Waals surface area (Å²) in [5, 5.41) is 5.67. The van der Waals surface area contributed by atoms with E-state index in [4.69, 9.17) is 0 Å². The molecule has 2 nitrogen and oxygen atoms in total. The van der Waals surface area contributed by atoms with Crippen molar-refractivity contribution >= 4 is 11.3 Å². The van der Waals surface area contributed by atoms with Crippen LogP contribution in [0, 0.1) is 5.92 Å². The largest absolute Gasteiger partial charge is 0.314 e. The van der Waals surface area contributed by atoms with Crippen LogP contribution in [-0.2, 0) is 6.54 Å². The Hall–Kier alpha value is -0.380. The maximum atomic E-state index is 3.51. The number of thiophene rings is 1. The first-order chi connectivity index (χ1) is 7.25. The predicted molar refractivity (Wildman–Crippen MR) is 66.2 cm³/mol. The molecule has 2 heterocycles. The van der Waals surface area contributed by atoms with Crippen molar-refractivity contribution in [2.75, 3.05) is 20.1 Å². The summed E-state index contributed by atoms with van der Waals surface area (Å²) in [4.78, 5) is 3.91. The first-order valence-electron chi connectivity index (χ1n) is 5.70. The zero-order chi connectivity index (χ0) is 10.7. The molecule has 15 heavy (non-hydrogen) atoms. The molecule has 1 fully saturated rings. The molecule has 2 atom stereocenters. The van der Waals surface area contributed by atoms with Crippen molar-refractivity contribution < 1.29 is 0 Å². The lowest BCUT2D eigenvalue weighted by atomic mass is 10.0. The van der Waals surface area contributed by atoms with Gasteiger partial charge in [-0.05, 0) is 44.3 Å². The van der Waals surface area contributed by atoms with Gasteiger partial charge >= 0.3 is 0 Å². The number of nitrogens with one attached hydrogen (secondary N) is 1. The highest BCUT2D eigenvalue weighted by Crippen LogP contribution is 2.18. The summed E-state index contributed by atoms with van der Waals surface area (Å²) < 4.78 is 0. The Kier molecular flexibility index (Phi) is 3.78. The van der Waals surface area contributed by atoms with Gasteiger partial charge in [0, 0.05) is 24.0 Å². The fraction of sp³-hybridized carbons (Fsp3) is 0.667. The van der Waals surface area contributed by atoms with Crippen LogP contribution < -0.4 is 5.32 Å². The fourth-order valence-corrected chi connectivity index (χ4v) is 3.08. The minimum atomic E-state index is 0.691. The second kappa shape index (κ2) is 5.10. The van der Waals surface area contributed by atoms with Crippen LogP contribution >= 0.6 is 11.3 Å². The Bertz CT molecular complexity index is 284. The molecule has 1 aromatic heterocycles. The van der Waals surface area contributed by atoms with Crippen LogP contribution in [0.3, 0.4) is 0 Å². The Morgan fingerprint density at radius 1 is 1.60 bits per heavy atom. The highest BCUT2D eigenvalue weighted by Gasteiger charge is 2.23. The molecule has 0 aliphatic carbocycles. The Balaban J connectivity index is 1.79. The third-order valence-electron chi connectivity index (χ3n) is 3.24. The Labute approximate surface area is 96.3 Å². The van der Waals surface area contributed by atoms with Crippen molar-refractivity contribution in [2.45, 2.75) is 25.9 Å². The molecule has 0 radical (unpaired) electrons. The van der Waals surface area contributed by atoms with Crippen molar-refractivity contribution in [1.82, 2.24) is 10.2 Å². The molecule has 1 N–H and O–H groups in total. The second-order valence-electron chi connectivity index (χ2n) is 4.57. The maximum Gasteiger partial charge on any atom is 0.0324 e. The average Bonchev–Trinajstić information content (AvgIpc) is 2.79. The van der Waals surface area contributed by atoms with Crippen LogP contribution in [0.1, 0.15) is 18.2 Å². The van der Waals surface area contributed by atoms with E-state index in [0.29, 0.717) is 6.04 Å². The van der Waals surface area contributed by atoms with E-state index in [0.717, 1.165) is 12.5 Å². The van der Waals surface area contributed by atoms with Crippen LogP contribution in [0.5, 0.6) is 0 Å². The molecule has 84 valence electrons. The van der Waals surface area contributed by atoms with Gasteiger partial charge in [-0.25, -0.2) is 0 Å². The second-order valence-corrected chi connectivity index (χ2v) is 5.60. The van der Waals surface area contributed by atoms with Gasteiger partial charge in [0.2, 0.25) is 0 Å². The molecule has 0 spiro atoms. The molecule has 0 bridgehead atoms. The van der Waals surface area contributed by atoms with Gasteiger partial charge in [0.15, 0.2) is 0 Å². The van der Waals surface area contributed by atoms with E-state index in [-0.39, 0.29) is 0 Å². The lowest BCUT2D eigenvalue weighted by Crippen LogP contribution is -2.31. The quantitative estimate of drug-likeness (QED) is 0.843. The molecular formula is C12H20N2S. The van der Waals surface area contributed by atoms with Gasteiger partial charge in [-0.15, -0.1) is 11.3 Å². The van der Waals surface area contributed by atoms with Crippen molar-refractivity contribution in [3.8, 4) is 0 Å². The zero-order valence-corrected chi connectivity index (χ0v) is 10.4. The van der Waals surface area contributed by atoms with Gasteiger partial charge in [-0.3, -0.25) is 0 Å². The third-order valence-corrected chi connectivity index (χ3v) is 4.10. The van der Waals surface area contributed by atoms with Gasteiger partial charge < -0.3 is 10.2 Å². The lowest BCUT2D eigenvalue weighted by Gasteiger charge is -2.22. The molecule has 2 rings (SSSR count). The lowest BCUT2D eigenvalue weighted by molar-refractivity contribution is 0.261. The predicted octanol–water partition coefficient (Wildman–Crippen LogP) is 2.18. The molecule has 1 aliphatic rings. The van der Waals surface area contributed by atoms with Gasteiger partial charge in [0.05, 0.1) is 0 Å². The van der Waals surface area contributed by atoms with E-state index in [1.807, 2.05) is 11.3 Å². The molecule has 1 aromatic rings. The van der Waals surface area contributed by atoms with E-state index < -0.39 is 0 Å². The average molecular weight is 224 g/mol. The molecule has 0 aromatic carbocycles. The Morgan fingerprint density at radius 3 is 3.07 bits per heavy atom. The molecule has 1 aliphatic heterocycles. The fourth-order valence-electron chi connectivity index (χ4n) is 2.30. The van der Waals surface area contributed by atoms with Gasteiger partial charge in [0.1, 0.15) is 0 Å². The zero-order valence-electron chi connectivity index (χ0n) is 9.57. The standard InChI is InChI=1S/C12H20N2S/c1-10-11(5-6-13-10)8-14(2)9-12-4-3-7-15-12/h3-4,7,10-11,13H,5-6,8-9H2,1-2H3. The molecule has 0 amide bonds. The summed E-state index contributed by atoms with van der Waals surface area (Å²) >= 11 is 1.85. The highest BCUT2D eigenvalue weighted by atomic mass is 32.1. The first kappa shape index (κ1) is 11.1. The molecular weight excluding hydrogens is 204 g/mol. The third kappa shape index (κ3) is 3.03. The van der Waals surface area contributed by atoms with Crippen LogP contribution in [0.15, 0.2) is 17.5 Å². The van der Waals surface area contributed by atoms with Crippen molar-refractivity contribution in [3.63, 3.8) is 0 Å². The monoisotopic (exact) mass is 224 g/mol. The van der Waals surface area contributed by atoms with Crippen molar-refractivity contribution in [1.29, 1.82) is 0 Å². The Morgan fingerprint density at radius 2 is 2.47 bits per heavy atom. The van der Waals surface area contributed by atoms with Crippen LogP contribution in [-0.4, -0.2) is 31.1 Å². The summed E-state index contributed by atoms with van der Waals surface area (Å²) in [6.07, 6.45) is 1.33. The van der Waals surface area contributed by atoms with E-state index >= 15 is 0 Å². The summed E-state index contributed by atoms with van der Waals surface area (Å²) in [7, 11) is 2.23. The first-order valence-corrected chi connectivity index (χ1v) is 6.58. The van der Waals surface area contributed by atoms with Crippen molar-refractivity contribution in [2.24, 2.45) is 5.92 Å². The minimum absolute atomic E-state index is 0.691. The number of hydrogen-bond donors (Lipinski definition) is 1. The van der Waals surface area contributed by atoms with Crippen LogP contribution in [0.2, 0.25) is 0 Å². The van der Waals surface area contributed by atoms with Gasteiger partial charge in [0.25, 0.3) is 0 Å². The molecule has 3 heteroatoms. The summed E-state index contributed by atoms with van der Waals surface area (Å²) in [6, 6.07) is 5.04. The van der Waals surface area contributed by atoms with Gasteiger partial charge in [-0.2, -0.15) is 0 Å². The minimum Gasteiger partial charge on any atom is -0.314 e. The van der Waals surface area contributed by atoms with E-state index in [2.05, 4.69) is 41.7 Å². The van der Waals surface area contributed by atoms with E-state index in [1.54, 1.807) is 0 Å². The summed E-state index contributed by atoms with van der Waals surface area (Å²) in [5.74, 6) is 0.829. The molecule has 0 saturated carbocycles. The highest BCUT2D eigenvalue weighted by molar-refractivity contribution is 7.09. The smallest absolute Gasteiger partial charge is 0.0324 e. The maximum absolute atomic E-state index is 3.51. The van der Waals surface area contributed by atoms with Crippen LogP contribution in [0.25, 0.3) is 0 Å². The normalized spacial score (nSPS) is 26.3. The van der Waals surface area contributed by atoms with E-state index in [1.165, 1.54) is 24.4 Å². The topological polar surface area (TPSA) is 15.3 Å².